The van der Waals surface area contributed by atoms with Crippen molar-refractivity contribution < 1.29 is 4.79 Å². The summed E-state index contributed by atoms with van der Waals surface area (Å²) >= 11 is 0. The fraction of sp³-hybridized carbons (Fsp3) is 0.692. The monoisotopic (exact) mass is 265 g/mol. The lowest BCUT2D eigenvalue weighted by atomic mass is 10.2. The molecule has 0 unspecified atom stereocenters. The highest BCUT2D eigenvalue weighted by molar-refractivity contribution is 5.97. The van der Waals surface area contributed by atoms with Gasteiger partial charge in [0.15, 0.2) is 0 Å². The van der Waals surface area contributed by atoms with Crippen molar-refractivity contribution in [1.82, 2.24) is 20.0 Å². The van der Waals surface area contributed by atoms with Crippen LogP contribution in [0.2, 0.25) is 0 Å². The molecule has 0 aromatic carbocycles. The second kappa shape index (κ2) is 6.06. The lowest BCUT2D eigenvalue weighted by molar-refractivity contribution is 0.0662. The molecule has 0 spiro atoms. The van der Waals surface area contributed by atoms with E-state index in [1.165, 1.54) is 19.0 Å². The van der Waals surface area contributed by atoms with Crippen LogP contribution in [0, 0.1) is 0 Å². The summed E-state index contributed by atoms with van der Waals surface area (Å²) in [7, 11) is 4.03. The highest BCUT2D eigenvalue weighted by Crippen LogP contribution is 2.25. The fourth-order valence-electron chi connectivity index (χ4n) is 2.58. The van der Waals surface area contributed by atoms with Crippen molar-refractivity contribution >= 4 is 11.6 Å². The van der Waals surface area contributed by atoms with Gasteiger partial charge in [0.1, 0.15) is 5.69 Å². The van der Waals surface area contributed by atoms with Gasteiger partial charge < -0.3 is 15.5 Å². The Bertz CT molecular complexity index is 422. The van der Waals surface area contributed by atoms with Gasteiger partial charge in [-0.05, 0) is 26.9 Å². The largest absolute Gasteiger partial charge is 0.396 e. The number of aromatic amines is 1. The van der Waals surface area contributed by atoms with Crippen LogP contribution in [0.3, 0.4) is 0 Å². The number of nitrogens with zero attached hydrogens (tertiary/aromatic N) is 3. The van der Waals surface area contributed by atoms with Gasteiger partial charge in [-0.3, -0.25) is 9.89 Å². The first kappa shape index (κ1) is 13.9. The molecule has 1 heterocycles. The number of anilines is 1. The molecule has 0 aliphatic heterocycles. The molecule has 0 saturated heterocycles. The van der Waals surface area contributed by atoms with Gasteiger partial charge >= 0.3 is 0 Å². The quantitative estimate of drug-likeness (QED) is 0.830. The maximum Gasteiger partial charge on any atom is 0.274 e. The normalized spacial score (nSPS) is 16.2. The van der Waals surface area contributed by atoms with E-state index >= 15 is 0 Å². The van der Waals surface area contributed by atoms with Crippen LogP contribution in [0.5, 0.6) is 0 Å². The molecule has 2 rings (SSSR count). The number of rotatable bonds is 5. The Labute approximate surface area is 113 Å². The summed E-state index contributed by atoms with van der Waals surface area (Å²) in [5, 5.41) is 6.56. The van der Waals surface area contributed by atoms with E-state index in [0.717, 1.165) is 25.9 Å². The first-order valence-electron chi connectivity index (χ1n) is 6.84. The molecule has 1 aliphatic carbocycles. The van der Waals surface area contributed by atoms with Crippen molar-refractivity contribution in [2.75, 3.05) is 32.9 Å². The van der Waals surface area contributed by atoms with E-state index < -0.39 is 0 Å². The van der Waals surface area contributed by atoms with Crippen molar-refractivity contribution in [3.8, 4) is 0 Å². The van der Waals surface area contributed by atoms with E-state index in [1.807, 2.05) is 19.0 Å². The minimum absolute atomic E-state index is 0.0243. The molecule has 6 nitrogen and oxygen atoms in total. The standard InChI is InChI=1S/C13H23N5O/c1-17(2)7-8-18(10-5-3-4-6-10)13(19)12-11(14)9-15-16-12/h9-10H,3-8,14H2,1-2H3,(H,15,16). The number of hydrogen-bond acceptors (Lipinski definition) is 4. The minimum Gasteiger partial charge on any atom is -0.396 e. The number of carbonyl (C=O) groups is 1. The van der Waals surface area contributed by atoms with Gasteiger partial charge in [-0.2, -0.15) is 5.10 Å². The Morgan fingerprint density at radius 1 is 1.42 bits per heavy atom. The zero-order valence-electron chi connectivity index (χ0n) is 11.7. The number of H-pyrrole nitrogens is 1. The maximum atomic E-state index is 12.6. The molecule has 106 valence electrons. The average Bonchev–Trinajstić information content (AvgIpc) is 3.00. The van der Waals surface area contributed by atoms with Gasteiger partial charge in [0.25, 0.3) is 5.91 Å². The molecule has 1 amide bonds. The molecule has 19 heavy (non-hydrogen) atoms. The molecule has 0 bridgehead atoms. The van der Waals surface area contributed by atoms with Gasteiger partial charge in [-0.1, -0.05) is 12.8 Å². The van der Waals surface area contributed by atoms with E-state index in [9.17, 15) is 4.79 Å². The number of hydrogen-bond donors (Lipinski definition) is 2. The summed E-state index contributed by atoms with van der Waals surface area (Å²) in [6, 6.07) is 0.343. The summed E-state index contributed by atoms with van der Waals surface area (Å²) in [5.41, 5.74) is 6.63. The van der Waals surface area contributed by atoms with Crippen LogP contribution < -0.4 is 5.73 Å². The first-order valence-corrected chi connectivity index (χ1v) is 6.84. The zero-order valence-corrected chi connectivity index (χ0v) is 11.7. The highest BCUT2D eigenvalue weighted by atomic mass is 16.2. The second-order valence-electron chi connectivity index (χ2n) is 5.44. The van der Waals surface area contributed by atoms with Crippen LogP contribution in [-0.4, -0.2) is 59.1 Å². The Hall–Kier alpha value is -1.56. The van der Waals surface area contributed by atoms with E-state index in [0.29, 0.717) is 17.4 Å². The van der Waals surface area contributed by atoms with Crippen LogP contribution in [0.15, 0.2) is 6.20 Å². The summed E-state index contributed by atoms with van der Waals surface area (Å²) < 4.78 is 0. The second-order valence-corrected chi connectivity index (χ2v) is 5.44. The van der Waals surface area contributed by atoms with Crippen molar-refractivity contribution in [2.45, 2.75) is 31.7 Å². The van der Waals surface area contributed by atoms with Crippen molar-refractivity contribution in [1.29, 1.82) is 0 Å². The van der Waals surface area contributed by atoms with Gasteiger partial charge in [0, 0.05) is 19.1 Å². The molecular weight excluding hydrogens is 242 g/mol. The number of aromatic nitrogens is 2. The fourth-order valence-corrected chi connectivity index (χ4v) is 2.58. The first-order chi connectivity index (χ1) is 9.09. The van der Waals surface area contributed by atoms with Gasteiger partial charge in [-0.15, -0.1) is 0 Å². The molecular formula is C13H23N5O. The number of nitrogens with two attached hydrogens (primary N) is 1. The van der Waals surface area contributed by atoms with E-state index in [4.69, 9.17) is 5.73 Å². The Morgan fingerprint density at radius 2 is 2.11 bits per heavy atom. The third-order valence-electron chi connectivity index (χ3n) is 3.70. The third kappa shape index (κ3) is 3.26. The molecule has 1 saturated carbocycles. The average molecular weight is 265 g/mol. The topological polar surface area (TPSA) is 78.2 Å². The molecule has 6 heteroatoms. The molecule has 1 aromatic rings. The molecule has 0 atom stereocenters. The maximum absolute atomic E-state index is 12.6. The van der Waals surface area contributed by atoms with Crippen LogP contribution in [0.4, 0.5) is 5.69 Å². The summed E-state index contributed by atoms with van der Waals surface area (Å²) in [4.78, 5) is 16.6. The Kier molecular flexibility index (Phi) is 4.42. The molecule has 1 aliphatic rings. The van der Waals surface area contributed by atoms with Crippen molar-refractivity contribution in [3.05, 3.63) is 11.9 Å². The SMILES string of the molecule is CN(C)CCN(C(=O)c1[nH]ncc1N)C1CCCC1. The lowest BCUT2D eigenvalue weighted by Gasteiger charge is -2.29. The number of nitrogens with one attached hydrogen (secondary N) is 1. The molecule has 1 aromatic heterocycles. The smallest absolute Gasteiger partial charge is 0.274 e. The van der Waals surface area contributed by atoms with Gasteiger partial charge in [0.2, 0.25) is 0 Å². The van der Waals surface area contributed by atoms with Crippen molar-refractivity contribution in [2.24, 2.45) is 0 Å². The summed E-state index contributed by atoms with van der Waals surface area (Å²) in [6.07, 6.45) is 6.08. The minimum atomic E-state index is -0.0243. The Morgan fingerprint density at radius 3 is 2.63 bits per heavy atom. The molecule has 3 N–H and O–H groups in total. The predicted molar refractivity (Wildman–Crippen MR) is 74.8 cm³/mol. The predicted octanol–water partition coefficient (Wildman–Crippen LogP) is 0.938. The van der Waals surface area contributed by atoms with Crippen LogP contribution in [0.25, 0.3) is 0 Å². The van der Waals surface area contributed by atoms with Gasteiger partial charge in [-0.25, -0.2) is 0 Å². The number of likely N-dealkylation sites (N-methyl/N-ethyl adjacent to an activating group) is 1. The highest BCUT2D eigenvalue weighted by Gasteiger charge is 2.28. The van der Waals surface area contributed by atoms with E-state index in [-0.39, 0.29) is 5.91 Å². The number of amides is 1. The molecule has 0 radical (unpaired) electrons. The lowest BCUT2D eigenvalue weighted by Crippen LogP contribution is -2.43. The number of nitrogen functional groups attached to an aromatic ring is 1. The summed E-state index contributed by atoms with van der Waals surface area (Å²) in [6.45, 7) is 1.59. The number of carbonyl (C=O) groups excluding carboxylic acids is 1. The van der Waals surface area contributed by atoms with E-state index in [2.05, 4.69) is 15.1 Å². The van der Waals surface area contributed by atoms with Crippen LogP contribution >= 0.6 is 0 Å². The zero-order chi connectivity index (χ0) is 13.8. The van der Waals surface area contributed by atoms with E-state index in [1.54, 1.807) is 0 Å². The Balaban J connectivity index is 2.11. The third-order valence-corrected chi connectivity index (χ3v) is 3.70. The van der Waals surface area contributed by atoms with Crippen LogP contribution in [0.1, 0.15) is 36.2 Å². The van der Waals surface area contributed by atoms with Crippen LogP contribution in [-0.2, 0) is 0 Å². The van der Waals surface area contributed by atoms with Gasteiger partial charge in [0.05, 0.1) is 11.9 Å². The van der Waals surface area contributed by atoms with Crippen molar-refractivity contribution in [3.63, 3.8) is 0 Å². The summed E-state index contributed by atoms with van der Waals surface area (Å²) in [5.74, 6) is -0.0243. The molecule has 1 fully saturated rings.